The highest BCUT2D eigenvalue weighted by molar-refractivity contribution is 5.75. The van der Waals surface area contributed by atoms with Crippen molar-refractivity contribution in [2.24, 2.45) is 5.92 Å². The van der Waals surface area contributed by atoms with Gasteiger partial charge in [-0.2, -0.15) is 0 Å². The Labute approximate surface area is 214 Å². The van der Waals surface area contributed by atoms with E-state index in [2.05, 4.69) is 12.1 Å². The number of esters is 2. The lowest BCUT2D eigenvalue weighted by atomic mass is 9.82. The molecule has 1 aromatic carbocycles. The van der Waals surface area contributed by atoms with Gasteiger partial charge in [0.05, 0.1) is 6.61 Å². The third-order valence-corrected chi connectivity index (χ3v) is 7.47. The lowest BCUT2D eigenvalue weighted by Gasteiger charge is -2.29. The summed E-state index contributed by atoms with van der Waals surface area (Å²) in [6.45, 7) is 4.32. The average molecular weight is 509 g/mol. The van der Waals surface area contributed by atoms with Crippen molar-refractivity contribution in [3.8, 4) is 5.75 Å². The summed E-state index contributed by atoms with van der Waals surface area (Å²) in [7, 11) is 0. The number of halogens is 2. The van der Waals surface area contributed by atoms with E-state index in [9.17, 15) is 18.4 Å². The maximum Gasteiger partial charge on any atom is 0.340 e. The van der Waals surface area contributed by atoms with E-state index in [1.807, 2.05) is 26.0 Å². The van der Waals surface area contributed by atoms with Crippen LogP contribution in [-0.2, 0) is 19.1 Å². The summed E-state index contributed by atoms with van der Waals surface area (Å²) in [6.07, 6.45) is 4.96. The van der Waals surface area contributed by atoms with Crippen LogP contribution in [0.1, 0.15) is 102 Å². The molecule has 2 aliphatic rings. The van der Waals surface area contributed by atoms with Gasteiger partial charge in [-0.1, -0.05) is 38.8 Å². The highest BCUT2D eigenvalue weighted by Crippen LogP contribution is 2.35. The second-order valence-electron chi connectivity index (χ2n) is 10.4. The minimum Gasteiger partial charge on any atom is -0.493 e. The second kappa shape index (κ2) is 14.5. The van der Waals surface area contributed by atoms with Gasteiger partial charge in [-0.15, -0.1) is 0 Å². The van der Waals surface area contributed by atoms with Crippen LogP contribution in [0.2, 0.25) is 0 Å². The van der Waals surface area contributed by atoms with E-state index in [1.165, 1.54) is 5.56 Å². The molecule has 0 amide bonds. The summed E-state index contributed by atoms with van der Waals surface area (Å²) < 4.78 is 44.1. The van der Waals surface area contributed by atoms with Crippen LogP contribution in [0.15, 0.2) is 24.3 Å². The van der Waals surface area contributed by atoms with Crippen molar-refractivity contribution in [1.82, 2.24) is 0 Å². The van der Waals surface area contributed by atoms with Crippen molar-refractivity contribution in [2.75, 3.05) is 6.61 Å². The highest BCUT2D eigenvalue weighted by Gasteiger charge is 2.29. The van der Waals surface area contributed by atoms with Gasteiger partial charge in [-0.05, 0) is 93.7 Å². The van der Waals surface area contributed by atoms with Gasteiger partial charge >= 0.3 is 11.9 Å². The molecule has 202 valence electrons. The van der Waals surface area contributed by atoms with Gasteiger partial charge in [0.25, 0.3) is 0 Å². The zero-order valence-electron chi connectivity index (χ0n) is 21.8. The smallest absolute Gasteiger partial charge is 0.340 e. The summed E-state index contributed by atoms with van der Waals surface area (Å²) in [5.74, 6) is 0.212. The van der Waals surface area contributed by atoms with Crippen LogP contribution in [0.4, 0.5) is 8.78 Å². The van der Waals surface area contributed by atoms with Crippen LogP contribution < -0.4 is 4.74 Å². The maximum absolute atomic E-state index is 13.7. The first-order valence-electron chi connectivity index (χ1n) is 13.8. The van der Waals surface area contributed by atoms with Crippen molar-refractivity contribution >= 4 is 11.9 Å². The molecule has 3 rings (SSSR count). The van der Waals surface area contributed by atoms with Crippen molar-refractivity contribution < 1.29 is 32.6 Å². The molecule has 2 aliphatic carbocycles. The fraction of sp³-hybridized carbons (Fsp3) is 0.724. The molecule has 0 radical (unpaired) electrons. The average Bonchev–Trinajstić information content (AvgIpc) is 2.89. The van der Waals surface area contributed by atoms with Gasteiger partial charge in [0.1, 0.15) is 18.0 Å². The molecule has 0 saturated heterocycles. The van der Waals surface area contributed by atoms with Crippen LogP contribution in [-0.4, -0.2) is 43.1 Å². The minimum absolute atomic E-state index is 0.181. The van der Waals surface area contributed by atoms with Crippen molar-refractivity contribution in [1.29, 1.82) is 0 Å². The van der Waals surface area contributed by atoms with E-state index in [0.29, 0.717) is 31.3 Å². The van der Waals surface area contributed by atoms with Gasteiger partial charge in [0, 0.05) is 0 Å². The molecule has 1 aromatic rings. The molecule has 0 bridgehead atoms. The Morgan fingerprint density at radius 3 is 1.72 bits per heavy atom. The Hall–Kier alpha value is -2.18. The molecule has 0 N–H and O–H groups in total. The van der Waals surface area contributed by atoms with Crippen LogP contribution in [0, 0.1) is 5.92 Å². The Kier molecular flexibility index (Phi) is 11.5. The van der Waals surface area contributed by atoms with Gasteiger partial charge in [-0.3, -0.25) is 0 Å². The SMILES string of the molecule is CCC[C@@H](F)C(=O)OC1CCC(COc2ccc(C3CCC(OC(=O)[C@H](F)CCC)CC3)cc2)CC1. The molecular weight excluding hydrogens is 466 g/mol. The number of carbonyl (C=O) groups is 2. The van der Waals surface area contributed by atoms with E-state index in [-0.39, 0.29) is 25.0 Å². The van der Waals surface area contributed by atoms with E-state index < -0.39 is 24.3 Å². The largest absolute Gasteiger partial charge is 0.493 e. The first-order chi connectivity index (χ1) is 17.4. The third kappa shape index (κ3) is 8.74. The lowest BCUT2D eigenvalue weighted by Crippen LogP contribution is -2.30. The molecule has 5 nitrogen and oxygen atoms in total. The first-order valence-corrected chi connectivity index (χ1v) is 13.8. The Morgan fingerprint density at radius 1 is 0.778 bits per heavy atom. The number of hydrogen-bond donors (Lipinski definition) is 0. The zero-order valence-corrected chi connectivity index (χ0v) is 21.8. The number of carbonyl (C=O) groups excluding carboxylic acids is 2. The van der Waals surface area contributed by atoms with Gasteiger partial charge in [0.15, 0.2) is 12.3 Å². The molecule has 2 atom stereocenters. The molecule has 0 unspecified atom stereocenters. The summed E-state index contributed by atoms with van der Waals surface area (Å²) in [6, 6.07) is 8.21. The normalized spacial score (nSPS) is 26.0. The van der Waals surface area contributed by atoms with E-state index in [0.717, 1.165) is 57.1 Å². The minimum atomic E-state index is -1.51. The van der Waals surface area contributed by atoms with Crippen LogP contribution in [0.3, 0.4) is 0 Å². The number of ether oxygens (including phenoxy) is 3. The third-order valence-electron chi connectivity index (χ3n) is 7.47. The predicted molar refractivity (Wildman–Crippen MR) is 134 cm³/mol. The molecule has 36 heavy (non-hydrogen) atoms. The monoisotopic (exact) mass is 508 g/mol. The summed E-state index contributed by atoms with van der Waals surface area (Å²) >= 11 is 0. The van der Waals surface area contributed by atoms with Crippen LogP contribution in [0.5, 0.6) is 5.75 Å². The fourth-order valence-corrected chi connectivity index (χ4v) is 5.20. The van der Waals surface area contributed by atoms with Crippen LogP contribution >= 0.6 is 0 Å². The van der Waals surface area contributed by atoms with Crippen molar-refractivity contribution in [2.45, 2.75) is 121 Å². The van der Waals surface area contributed by atoms with E-state index in [1.54, 1.807) is 0 Å². The van der Waals surface area contributed by atoms with Crippen molar-refractivity contribution in [3.63, 3.8) is 0 Å². The lowest BCUT2D eigenvalue weighted by molar-refractivity contribution is -0.158. The molecule has 0 spiro atoms. The number of benzene rings is 1. The maximum atomic E-state index is 13.7. The number of alkyl halides is 2. The quantitative estimate of drug-likeness (QED) is 0.284. The Bertz CT molecular complexity index is 798. The van der Waals surface area contributed by atoms with Gasteiger partial charge < -0.3 is 14.2 Å². The van der Waals surface area contributed by atoms with Crippen molar-refractivity contribution in [3.05, 3.63) is 29.8 Å². The highest BCUT2D eigenvalue weighted by atomic mass is 19.1. The molecule has 0 heterocycles. The summed E-state index contributed by atoms with van der Waals surface area (Å²) in [5.41, 5.74) is 1.25. The fourth-order valence-electron chi connectivity index (χ4n) is 5.20. The Balaban J connectivity index is 1.34. The number of rotatable bonds is 12. The predicted octanol–water partition coefficient (Wildman–Crippen LogP) is 7.01. The van der Waals surface area contributed by atoms with Crippen LogP contribution in [0.25, 0.3) is 0 Å². The van der Waals surface area contributed by atoms with E-state index in [4.69, 9.17) is 14.2 Å². The standard InChI is InChI=1S/C29H42F2O5/c1-3-5-26(30)28(32)35-24-13-7-20(8-14-24)19-34-23-15-9-21(10-16-23)22-11-17-25(18-12-22)36-29(33)27(31)6-4-2/h9-10,15-16,20,22,24-27H,3-8,11-14,17-19H2,1-2H3/t20?,22?,24?,25?,26-,27-/m1/s1. The molecular formula is C29H42F2O5. The summed E-state index contributed by atoms with van der Waals surface area (Å²) in [4.78, 5) is 23.6. The molecule has 2 fully saturated rings. The zero-order chi connectivity index (χ0) is 25.9. The molecule has 0 aliphatic heterocycles. The number of hydrogen-bond acceptors (Lipinski definition) is 5. The first kappa shape index (κ1) is 28.4. The topological polar surface area (TPSA) is 61.8 Å². The van der Waals surface area contributed by atoms with Gasteiger partial charge in [0.2, 0.25) is 0 Å². The molecule has 0 aromatic heterocycles. The molecule has 2 saturated carbocycles. The van der Waals surface area contributed by atoms with E-state index >= 15 is 0 Å². The Morgan fingerprint density at radius 2 is 1.25 bits per heavy atom. The molecule has 7 heteroatoms. The summed E-state index contributed by atoms with van der Waals surface area (Å²) in [5, 5.41) is 0. The second-order valence-corrected chi connectivity index (χ2v) is 10.4. The van der Waals surface area contributed by atoms with Gasteiger partial charge in [-0.25, -0.2) is 18.4 Å².